The van der Waals surface area contributed by atoms with Gasteiger partial charge in [0.1, 0.15) is 5.30 Å². The summed E-state index contributed by atoms with van der Waals surface area (Å²) in [7, 11) is -1.29. The van der Waals surface area contributed by atoms with Gasteiger partial charge in [0, 0.05) is 18.9 Å². The molecule has 0 aliphatic heterocycles. The standard InChI is InChI=1S/C21H26O2P/c1-5-24(6-2,7-3)20-13-12-18-17-11-9-8-10-16(17)14-19(18)21(20)23-15(4)22/h8-13H,5-7,14H2,1-4H3/q+1. The fourth-order valence-electron chi connectivity index (χ4n) is 3.98. The van der Waals surface area contributed by atoms with Crippen molar-refractivity contribution in [3.8, 4) is 16.9 Å². The Hall–Kier alpha value is -1.66. The minimum absolute atomic E-state index is 0.220. The Morgan fingerprint density at radius 2 is 1.67 bits per heavy atom. The highest BCUT2D eigenvalue weighted by Crippen LogP contribution is 2.59. The fraction of sp³-hybridized carbons (Fsp3) is 0.381. The first-order valence-corrected chi connectivity index (χ1v) is 11.2. The van der Waals surface area contributed by atoms with Crippen molar-refractivity contribution in [2.24, 2.45) is 0 Å². The van der Waals surface area contributed by atoms with Gasteiger partial charge in [0.25, 0.3) is 0 Å². The number of esters is 1. The second kappa shape index (κ2) is 6.69. The number of fused-ring (bicyclic) bond motifs is 3. The molecule has 0 heterocycles. The Morgan fingerprint density at radius 1 is 1.00 bits per heavy atom. The minimum Gasteiger partial charge on any atom is -0.422 e. The predicted octanol–water partition coefficient (Wildman–Crippen LogP) is 4.89. The molecule has 2 aromatic carbocycles. The van der Waals surface area contributed by atoms with Crippen molar-refractivity contribution in [1.29, 1.82) is 0 Å². The summed E-state index contributed by atoms with van der Waals surface area (Å²) in [4.78, 5) is 11.8. The van der Waals surface area contributed by atoms with Crippen LogP contribution in [0.2, 0.25) is 0 Å². The second-order valence-corrected chi connectivity index (χ2v) is 11.1. The number of rotatable bonds is 5. The van der Waals surface area contributed by atoms with E-state index in [0.29, 0.717) is 0 Å². The summed E-state index contributed by atoms with van der Waals surface area (Å²) in [6.45, 7) is 8.34. The maximum atomic E-state index is 11.8. The van der Waals surface area contributed by atoms with E-state index < -0.39 is 7.26 Å². The first-order valence-electron chi connectivity index (χ1n) is 8.85. The van der Waals surface area contributed by atoms with Crippen molar-refractivity contribution in [3.63, 3.8) is 0 Å². The van der Waals surface area contributed by atoms with Gasteiger partial charge in [-0.05, 0) is 49.6 Å². The smallest absolute Gasteiger partial charge is 0.308 e. The highest BCUT2D eigenvalue weighted by atomic mass is 31.2. The van der Waals surface area contributed by atoms with Crippen molar-refractivity contribution in [3.05, 3.63) is 47.5 Å². The van der Waals surface area contributed by atoms with Crippen LogP contribution in [0.3, 0.4) is 0 Å². The van der Waals surface area contributed by atoms with E-state index >= 15 is 0 Å². The molecule has 0 saturated carbocycles. The van der Waals surface area contributed by atoms with Gasteiger partial charge >= 0.3 is 5.97 Å². The van der Waals surface area contributed by atoms with Gasteiger partial charge in [-0.25, -0.2) is 0 Å². The molecule has 2 nitrogen and oxygen atoms in total. The molecule has 0 N–H and O–H groups in total. The summed E-state index contributed by atoms with van der Waals surface area (Å²) in [6.07, 6.45) is 4.32. The maximum Gasteiger partial charge on any atom is 0.308 e. The molecule has 3 heteroatoms. The quantitative estimate of drug-likeness (QED) is 0.375. The van der Waals surface area contributed by atoms with Gasteiger partial charge < -0.3 is 4.74 Å². The molecule has 0 aromatic heterocycles. The van der Waals surface area contributed by atoms with Crippen LogP contribution in [-0.2, 0) is 11.2 Å². The zero-order valence-corrected chi connectivity index (χ0v) is 16.0. The van der Waals surface area contributed by atoms with Crippen LogP contribution in [0.1, 0.15) is 38.8 Å². The summed E-state index contributed by atoms with van der Waals surface area (Å²) < 4.78 is 5.82. The third-order valence-electron chi connectivity index (χ3n) is 5.49. The number of carbonyl (C=O) groups is 1. The molecule has 0 bridgehead atoms. The highest BCUT2D eigenvalue weighted by Gasteiger charge is 2.40. The van der Waals surface area contributed by atoms with Crippen LogP contribution in [0.5, 0.6) is 5.75 Å². The predicted molar refractivity (Wildman–Crippen MR) is 104 cm³/mol. The molecular formula is C21H26O2P+. The molecule has 3 rings (SSSR count). The molecule has 0 amide bonds. The summed E-state index contributed by atoms with van der Waals surface area (Å²) in [5.41, 5.74) is 5.03. The molecule has 0 spiro atoms. The molecule has 0 fully saturated rings. The summed E-state index contributed by atoms with van der Waals surface area (Å²) >= 11 is 0. The van der Waals surface area contributed by atoms with E-state index in [2.05, 4.69) is 57.2 Å². The zero-order chi connectivity index (χ0) is 17.3. The lowest BCUT2D eigenvalue weighted by atomic mass is 10.1. The Labute approximate surface area is 145 Å². The SMILES string of the molecule is CC[P+](CC)(CC)c1ccc2c(c1OC(C)=O)Cc1ccccc1-2. The second-order valence-electron chi connectivity index (χ2n) is 6.46. The number of benzene rings is 2. The Morgan fingerprint density at radius 3 is 2.29 bits per heavy atom. The van der Waals surface area contributed by atoms with Gasteiger partial charge in [-0.1, -0.05) is 24.3 Å². The van der Waals surface area contributed by atoms with Gasteiger partial charge in [-0.15, -0.1) is 0 Å². The third-order valence-corrected chi connectivity index (χ3v) is 10.5. The largest absolute Gasteiger partial charge is 0.422 e. The maximum absolute atomic E-state index is 11.8. The lowest BCUT2D eigenvalue weighted by Crippen LogP contribution is -2.22. The number of carbonyl (C=O) groups excluding carboxylic acids is 1. The third kappa shape index (κ3) is 2.67. The van der Waals surface area contributed by atoms with Gasteiger partial charge in [0.05, 0.1) is 25.7 Å². The number of hydrogen-bond acceptors (Lipinski definition) is 2. The lowest BCUT2D eigenvalue weighted by molar-refractivity contribution is -0.131. The van der Waals surface area contributed by atoms with E-state index in [1.54, 1.807) is 0 Å². The van der Waals surface area contributed by atoms with Crippen LogP contribution in [0.15, 0.2) is 36.4 Å². The first kappa shape index (κ1) is 17.2. The van der Waals surface area contributed by atoms with Gasteiger partial charge in [0.2, 0.25) is 0 Å². The lowest BCUT2D eigenvalue weighted by Gasteiger charge is -2.26. The summed E-state index contributed by atoms with van der Waals surface area (Å²) in [5.74, 6) is 0.636. The number of hydrogen-bond donors (Lipinski definition) is 0. The monoisotopic (exact) mass is 341 g/mol. The van der Waals surface area contributed by atoms with Crippen molar-refractivity contribution in [1.82, 2.24) is 0 Å². The van der Waals surface area contributed by atoms with Crippen LogP contribution < -0.4 is 10.0 Å². The van der Waals surface area contributed by atoms with Gasteiger partial charge in [-0.3, -0.25) is 4.79 Å². The fourth-order valence-corrected chi connectivity index (χ4v) is 7.35. The van der Waals surface area contributed by atoms with Crippen LogP contribution in [0.25, 0.3) is 11.1 Å². The molecule has 0 unspecified atom stereocenters. The zero-order valence-electron chi connectivity index (χ0n) is 15.1. The van der Waals surface area contributed by atoms with Gasteiger partial charge in [0.15, 0.2) is 5.75 Å². The van der Waals surface area contributed by atoms with E-state index in [4.69, 9.17) is 4.74 Å². The highest BCUT2D eigenvalue weighted by molar-refractivity contribution is 7.83. The van der Waals surface area contributed by atoms with Crippen molar-refractivity contribution in [2.75, 3.05) is 18.5 Å². The van der Waals surface area contributed by atoms with Crippen molar-refractivity contribution in [2.45, 2.75) is 34.1 Å². The molecule has 0 saturated heterocycles. The van der Waals surface area contributed by atoms with Crippen molar-refractivity contribution < 1.29 is 9.53 Å². The first-order chi connectivity index (χ1) is 11.6. The summed E-state index contributed by atoms with van der Waals surface area (Å²) in [5, 5.41) is 1.30. The van der Waals surface area contributed by atoms with Gasteiger partial charge in [-0.2, -0.15) is 0 Å². The van der Waals surface area contributed by atoms with Crippen LogP contribution in [0.4, 0.5) is 0 Å². The van der Waals surface area contributed by atoms with E-state index in [1.807, 2.05) is 0 Å². The molecule has 2 aromatic rings. The molecule has 0 atom stereocenters. The molecule has 126 valence electrons. The number of ether oxygens (including phenoxy) is 1. The Balaban J connectivity index is 2.23. The van der Waals surface area contributed by atoms with E-state index in [1.165, 1.54) is 34.5 Å². The Kier molecular flexibility index (Phi) is 4.78. The van der Waals surface area contributed by atoms with Crippen molar-refractivity contribution >= 4 is 18.5 Å². The van der Waals surface area contributed by atoms with Crippen LogP contribution in [-0.4, -0.2) is 24.5 Å². The normalized spacial score (nSPS) is 12.7. The molecular weight excluding hydrogens is 315 g/mol. The van der Waals surface area contributed by atoms with Crippen LogP contribution in [0, 0.1) is 0 Å². The molecule has 0 radical (unpaired) electrons. The van der Waals surface area contributed by atoms with E-state index in [0.717, 1.165) is 30.7 Å². The average Bonchev–Trinajstić information content (AvgIpc) is 2.97. The Bertz CT molecular complexity index is 767. The van der Waals surface area contributed by atoms with E-state index in [-0.39, 0.29) is 5.97 Å². The minimum atomic E-state index is -1.29. The van der Waals surface area contributed by atoms with Crippen LogP contribution >= 0.6 is 7.26 Å². The molecule has 24 heavy (non-hydrogen) atoms. The molecule has 1 aliphatic carbocycles. The average molecular weight is 341 g/mol. The molecule has 1 aliphatic rings. The topological polar surface area (TPSA) is 26.3 Å². The van der Waals surface area contributed by atoms with E-state index in [9.17, 15) is 4.79 Å². The summed E-state index contributed by atoms with van der Waals surface area (Å²) in [6, 6.07) is 13.0.